The van der Waals surface area contributed by atoms with E-state index >= 15 is 0 Å². The summed E-state index contributed by atoms with van der Waals surface area (Å²) in [5.41, 5.74) is 3.92. The van der Waals surface area contributed by atoms with Crippen molar-refractivity contribution in [2.24, 2.45) is 5.73 Å². The van der Waals surface area contributed by atoms with Crippen molar-refractivity contribution in [3.8, 4) is 0 Å². The highest BCUT2D eigenvalue weighted by molar-refractivity contribution is 5.82. The number of hydrogen-bond donors (Lipinski definition) is 2. The molecule has 0 aromatic rings. The molecule has 3 N–H and O–H groups in total. The highest BCUT2D eigenvalue weighted by atomic mass is 16.4. The Balaban J connectivity index is 5.22. The molecule has 0 amide bonds. The van der Waals surface area contributed by atoms with Crippen molar-refractivity contribution in [1.29, 1.82) is 0 Å². The average Bonchev–Trinajstić information content (AvgIpc) is 2.09. The highest BCUT2D eigenvalue weighted by Gasteiger charge is 2.46. The fourth-order valence-corrected chi connectivity index (χ4v) is 1.75. The van der Waals surface area contributed by atoms with Crippen molar-refractivity contribution in [3.63, 3.8) is 0 Å². The number of quaternary nitrogens is 1. The fraction of sp³-hybridized carbons (Fsp3) is 0.800. The first kappa shape index (κ1) is 14.9. The molecule has 1 atom stereocenters. The van der Waals surface area contributed by atoms with Crippen molar-refractivity contribution < 1.29 is 24.3 Å². The lowest BCUT2D eigenvalue weighted by atomic mass is 9.86. The second-order valence-electron chi connectivity index (χ2n) is 4.79. The molecule has 6 nitrogen and oxygen atoms in total. The first-order valence-corrected chi connectivity index (χ1v) is 5.12. The van der Waals surface area contributed by atoms with E-state index in [1.165, 1.54) is 0 Å². The largest absolute Gasteiger partial charge is 0.544 e. The van der Waals surface area contributed by atoms with Crippen LogP contribution in [-0.4, -0.2) is 54.8 Å². The van der Waals surface area contributed by atoms with Gasteiger partial charge in [-0.25, -0.2) is 0 Å². The van der Waals surface area contributed by atoms with Crippen LogP contribution in [0.1, 0.15) is 19.3 Å². The summed E-state index contributed by atoms with van der Waals surface area (Å²) in [5, 5.41) is 20.1. The number of carbonyl (C=O) groups excluding carboxylic acids is 1. The van der Waals surface area contributed by atoms with Crippen molar-refractivity contribution in [2.45, 2.75) is 24.8 Å². The molecule has 0 spiro atoms. The molecule has 0 aliphatic carbocycles. The van der Waals surface area contributed by atoms with Gasteiger partial charge in [-0.15, -0.1) is 0 Å². The zero-order chi connectivity index (χ0) is 13.0. The van der Waals surface area contributed by atoms with E-state index in [2.05, 4.69) is 0 Å². The zero-order valence-electron chi connectivity index (χ0n) is 10.0. The van der Waals surface area contributed by atoms with E-state index in [-0.39, 0.29) is 10.9 Å². The van der Waals surface area contributed by atoms with Crippen molar-refractivity contribution in [3.05, 3.63) is 0 Å². The van der Waals surface area contributed by atoms with Gasteiger partial charge in [-0.05, 0) is 13.0 Å². The Bertz CT molecular complexity index is 272. The summed E-state index contributed by atoms with van der Waals surface area (Å²) in [5.74, 6) is -2.48. The van der Waals surface area contributed by atoms with Crippen LogP contribution in [0, 0.1) is 0 Å². The van der Waals surface area contributed by atoms with E-state index in [4.69, 9.17) is 10.8 Å². The maximum Gasteiger partial charge on any atom is 0.310 e. The monoisotopic (exact) mass is 232 g/mol. The molecule has 0 rings (SSSR count). The quantitative estimate of drug-likeness (QED) is 0.514. The van der Waals surface area contributed by atoms with Gasteiger partial charge in [-0.1, -0.05) is 0 Å². The SMILES string of the molecule is C[N+](C)(C)C(CCCN)(CC(=O)O)C(=O)[O-]. The van der Waals surface area contributed by atoms with Crippen molar-refractivity contribution >= 4 is 11.9 Å². The van der Waals surface area contributed by atoms with Crippen LogP contribution >= 0.6 is 0 Å². The number of aliphatic carboxylic acids is 2. The molecule has 0 heterocycles. The molecular formula is C10H20N2O4. The molecule has 0 saturated carbocycles. The topological polar surface area (TPSA) is 103 Å². The van der Waals surface area contributed by atoms with Crippen molar-refractivity contribution in [2.75, 3.05) is 27.7 Å². The highest BCUT2D eigenvalue weighted by Crippen LogP contribution is 2.28. The summed E-state index contributed by atoms with van der Waals surface area (Å²) in [4.78, 5) is 22.1. The maximum absolute atomic E-state index is 11.3. The second-order valence-corrected chi connectivity index (χ2v) is 4.79. The minimum absolute atomic E-state index is 0.00162. The molecule has 0 aliphatic heterocycles. The first-order valence-electron chi connectivity index (χ1n) is 5.12. The standard InChI is InChI=1S/C10H20N2O4/c1-12(2,3)10(9(15)16,5-4-6-11)7-8(13)14/h4-7,11H2,1-3H3,(H-,13,14,15,16). The number of carboxylic acid groups (broad SMARTS) is 2. The van der Waals surface area contributed by atoms with Gasteiger partial charge in [0, 0.05) is 6.42 Å². The summed E-state index contributed by atoms with van der Waals surface area (Å²) >= 11 is 0. The summed E-state index contributed by atoms with van der Waals surface area (Å²) in [7, 11) is 4.94. The predicted molar refractivity (Wildman–Crippen MR) is 56.3 cm³/mol. The molecule has 1 unspecified atom stereocenters. The number of hydrogen-bond acceptors (Lipinski definition) is 4. The lowest BCUT2D eigenvalue weighted by molar-refractivity contribution is -0.916. The van der Waals surface area contributed by atoms with E-state index in [0.29, 0.717) is 13.0 Å². The Morgan fingerprint density at radius 2 is 1.88 bits per heavy atom. The molecule has 16 heavy (non-hydrogen) atoms. The molecule has 0 aliphatic rings. The van der Waals surface area contributed by atoms with Gasteiger partial charge in [0.15, 0.2) is 0 Å². The van der Waals surface area contributed by atoms with Crippen LogP contribution in [0.3, 0.4) is 0 Å². The van der Waals surface area contributed by atoms with E-state index in [9.17, 15) is 14.7 Å². The maximum atomic E-state index is 11.3. The number of rotatable bonds is 7. The number of carbonyl (C=O) groups is 2. The van der Waals surface area contributed by atoms with Crippen LogP contribution in [0.5, 0.6) is 0 Å². The molecule has 0 radical (unpaired) electrons. The number of likely N-dealkylation sites (N-methyl/N-ethyl adjacent to an activating group) is 1. The van der Waals surface area contributed by atoms with Crippen LogP contribution in [0.25, 0.3) is 0 Å². The Labute approximate surface area is 95.2 Å². The summed E-state index contributed by atoms with van der Waals surface area (Å²) in [6.07, 6.45) is 0.192. The Hall–Kier alpha value is -1.14. The number of nitrogens with two attached hydrogens (primary N) is 1. The van der Waals surface area contributed by atoms with E-state index < -0.39 is 23.9 Å². The van der Waals surface area contributed by atoms with Gasteiger partial charge in [0.2, 0.25) is 0 Å². The summed E-state index contributed by atoms with van der Waals surface area (Å²) in [6, 6.07) is 0. The minimum atomic E-state index is -1.43. The smallest absolute Gasteiger partial charge is 0.310 e. The molecule has 0 aromatic carbocycles. The Morgan fingerprint density at radius 1 is 1.38 bits per heavy atom. The Morgan fingerprint density at radius 3 is 2.12 bits per heavy atom. The second kappa shape index (κ2) is 5.27. The molecule has 0 fully saturated rings. The minimum Gasteiger partial charge on any atom is -0.544 e. The normalized spacial score (nSPS) is 15.5. The zero-order valence-corrected chi connectivity index (χ0v) is 10.0. The molecule has 0 bridgehead atoms. The molecule has 0 saturated heterocycles. The van der Waals surface area contributed by atoms with Gasteiger partial charge in [-0.3, -0.25) is 4.79 Å². The fourth-order valence-electron chi connectivity index (χ4n) is 1.75. The van der Waals surface area contributed by atoms with Crippen LogP contribution in [-0.2, 0) is 9.59 Å². The third-order valence-corrected chi connectivity index (χ3v) is 2.90. The lowest BCUT2D eigenvalue weighted by Gasteiger charge is -2.46. The third-order valence-electron chi connectivity index (χ3n) is 2.90. The van der Waals surface area contributed by atoms with E-state index in [0.717, 1.165) is 0 Å². The van der Waals surface area contributed by atoms with Gasteiger partial charge < -0.3 is 25.2 Å². The predicted octanol–water partition coefficient (Wildman–Crippen LogP) is -1.61. The van der Waals surface area contributed by atoms with Gasteiger partial charge in [-0.2, -0.15) is 0 Å². The Kier molecular flexibility index (Phi) is 4.89. The van der Waals surface area contributed by atoms with Crippen molar-refractivity contribution in [1.82, 2.24) is 0 Å². The first-order chi connectivity index (χ1) is 7.17. The van der Waals surface area contributed by atoms with E-state index in [1.807, 2.05) is 0 Å². The van der Waals surface area contributed by atoms with Crippen LogP contribution in [0.4, 0.5) is 0 Å². The van der Waals surface area contributed by atoms with Crippen LogP contribution in [0.15, 0.2) is 0 Å². The molecule has 6 heteroatoms. The third kappa shape index (κ3) is 3.18. The molecular weight excluding hydrogens is 212 g/mol. The summed E-state index contributed by atoms with van der Waals surface area (Å²) < 4.78 is 0.00162. The lowest BCUT2D eigenvalue weighted by Crippen LogP contribution is -2.67. The van der Waals surface area contributed by atoms with Gasteiger partial charge in [0.1, 0.15) is 17.9 Å². The number of carboxylic acids is 2. The van der Waals surface area contributed by atoms with Crippen LogP contribution < -0.4 is 10.8 Å². The molecule has 94 valence electrons. The molecule has 0 aromatic heterocycles. The van der Waals surface area contributed by atoms with Gasteiger partial charge >= 0.3 is 5.97 Å². The van der Waals surface area contributed by atoms with Crippen LogP contribution in [0.2, 0.25) is 0 Å². The van der Waals surface area contributed by atoms with E-state index in [1.54, 1.807) is 21.1 Å². The average molecular weight is 232 g/mol. The van der Waals surface area contributed by atoms with Gasteiger partial charge in [0.05, 0.1) is 21.1 Å². The van der Waals surface area contributed by atoms with Gasteiger partial charge in [0.25, 0.3) is 0 Å². The summed E-state index contributed by atoms with van der Waals surface area (Å²) in [6.45, 7) is 0.328. The number of nitrogens with zero attached hydrogens (tertiary/aromatic N) is 1.